The quantitative estimate of drug-likeness (QED) is 0.483. The van der Waals surface area contributed by atoms with Crippen LogP contribution in [0.15, 0.2) is 11.8 Å². The maximum atomic E-state index is 12.1. The van der Waals surface area contributed by atoms with E-state index in [2.05, 4.69) is 39.1 Å². The number of rotatable bonds is 10. The SMILES string of the molecule is CCCCCCCCCCNC(=O)OC1=CC2CCC1(C)C2(C)C. The highest BCUT2D eigenvalue weighted by Gasteiger charge is 2.58. The lowest BCUT2D eigenvalue weighted by Crippen LogP contribution is -2.33. The Morgan fingerprint density at radius 1 is 1.12 bits per heavy atom. The van der Waals surface area contributed by atoms with Gasteiger partial charge in [0.05, 0.1) is 0 Å². The first-order valence-electron chi connectivity index (χ1n) is 10.1. The lowest BCUT2D eigenvalue weighted by Gasteiger charge is -2.36. The Hall–Kier alpha value is -0.990. The molecule has 0 aliphatic heterocycles. The Balaban J connectivity index is 1.58. The fourth-order valence-corrected chi connectivity index (χ4v) is 4.37. The summed E-state index contributed by atoms with van der Waals surface area (Å²) in [5.41, 5.74) is 0.230. The van der Waals surface area contributed by atoms with Crippen molar-refractivity contribution in [1.82, 2.24) is 5.32 Å². The summed E-state index contributed by atoms with van der Waals surface area (Å²) in [5, 5.41) is 2.92. The van der Waals surface area contributed by atoms with Crippen molar-refractivity contribution in [2.24, 2.45) is 16.7 Å². The van der Waals surface area contributed by atoms with Crippen LogP contribution < -0.4 is 5.32 Å². The maximum absolute atomic E-state index is 12.1. The van der Waals surface area contributed by atoms with Crippen LogP contribution in [-0.2, 0) is 4.74 Å². The van der Waals surface area contributed by atoms with Crippen LogP contribution in [0, 0.1) is 16.7 Å². The lowest BCUT2D eigenvalue weighted by atomic mass is 9.70. The second-order valence-corrected chi connectivity index (χ2v) is 8.52. The minimum absolute atomic E-state index is 0.0213. The highest BCUT2D eigenvalue weighted by Crippen LogP contribution is 2.65. The minimum atomic E-state index is -0.270. The van der Waals surface area contributed by atoms with Gasteiger partial charge in [-0.1, -0.05) is 72.6 Å². The summed E-state index contributed by atoms with van der Waals surface area (Å²) in [6.07, 6.45) is 14.5. The van der Waals surface area contributed by atoms with E-state index in [0.717, 1.165) is 25.1 Å². The van der Waals surface area contributed by atoms with Gasteiger partial charge < -0.3 is 10.1 Å². The molecule has 138 valence electrons. The first kappa shape index (κ1) is 19.3. The number of fused-ring (bicyclic) bond motifs is 2. The number of alkyl carbamates (subject to hydrolysis) is 1. The second kappa shape index (κ2) is 8.40. The molecule has 0 radical (unpaired) electrons. The van der Waals surface area contributed by atoms with Crippen molar-refractivity contribution in [2.45, 2.75) is 91.9 Å². The molecule has 0 saturated heterocycles. The predicted octanol–water partition coefficient (Wildman–Crippen LogP) is 6.19. The maximum Gasteiger partial charge on any atom is 0.412 e. The van der Waals surface area contributed by atoms with Crippen LogP contribution >= 0.6 is 0 Å². The number of hydrogen-bond acceptors (Lipinski definition) is 2. The molecule has 24 heavy (non-hydrogen) atoms. The Morgan fingerprint density at radius 3 is 2.29 bits per heavy atom. The van der Waals surface area contributed by atoms with Crippen molar-refractivity contribution >= 4 is 6.09 Å². The molecule has 2 rings (SSSR count). The predicted molar refractivity (Wildman–Crippen MR) is 99.8 cm³/mol. The van der Waals surface area contributed by atoms with Crippen LogP contribution in [0.4, 0.5) is 4.79 Å². The normalized spacial score (nSPS) is 27.2. The molecule has 2 aliphatic rings. The van der Waals surface area contributed by atoms with Gasteiger partial charge in [-0.2, -0.15) is 0 Å². The van der Waals surface area contributed by atoms with Crippen LogP contribution in [0.1, 0.15) is 91.9 Å². The third-order valence-electron chi connectivity index (χ3n) is 6.70. The van der Waals surface area contributed by atoms with Crippen LogP contribution in [0.2, 0.25) is 0 Å². The zero-order valence-electron chi connectivity index (χ0n) is 16.2. The van der Waals surface area contributed by atoms with Gasteiger partial charge >= 0.3 is 6.09 Å². The summed E-state index contributed by atoms with van der Waals surface area (Å²) >= 11 is 0. The zero-order valence-corrected chi connectivity index (χ0v) is 16.2. The fraction of sp³-hybridized carbons (Fsp3) is 0.857. The molecule has 0 aromatic rings. The largest absolute Gasteiger partial charge is 0.415 e. The molecule has 2 unspecified atom stereocenters. The van der Waals surface area contributed by atoms with E-state index < -0.39 is 0 Å². The Morgan fingerprint density at radius 2 is 1.75 bits per heavy atom. The van der Waals surface area contributed by atoms with Gasteiger partial charge in [-0.15, -0.1) is 0 Å². The molecule has 1 amide bonds. The standard InChI is InChI=1S/C21H37NO2/c1-5-6-7-8-9-10-11-12-15-22-19(23)24-18-16-17-13-14-21(18,4)20(17,2)3/h16-17H,5-15H2,1-4H3,(H,22,23). The average Bonchev–Trinajstić information content (AvgIpc) is 2.86. The van der Waals surface area contributed by atoms with Gasteiger partial charge in [-0.05, 0) is 36.7 Å². The molecule has 1 fully saturated rings. The third kappa shape index (κ3) is 4.15. The van der Waals surface area contributed by atoms with Gasteiger partial charge in [-0.3, -0.25) is 0 Å². The number of allylic oxidation sites excluding steroid dienone is 2. The smallest absolute Gasteiger partial charge is 0.412 e. The van der Waals surface area contributed by atoms with Gasteiger partial charge in [0, 0.05) is 12.0 Å². The van der Waals surface area contributed by atoms with Crippen LogP contribution in [0.3, 0.4) is 0 Å². The monoisotopic (exact) mass is 335 g/mol. The van der Waals surface area contributed by atoms with E-state index in [1.165, 1.54) is 51.4 Å². The molecular formula is C21H37NO2. The molecule has 2 atom stereocenters. The highest BCUT2D eigenvalue weighted by molar-refractivity contribution is 5.68. The van der Waals surface area contributed by atoms with Crippen molar-refractivity contribution in [3.8, 4) is 0 Å². The summed E-state index contributed by atoms with van der Waals surface area (Å²) in [7, 11) is 0. The number of carbonyl (C=O) groups is 1. The molecule has 1 saturated carbocycles. The number of unbranched alkanes of at least 4 members (excludes halogenated alkanes) is 7. The molecule has 0 aromatic heterocycles. The number of hydrogen-bond donors (Lipinski definition) is 1. The summed E-state index contributed by atoms with van der Waals surface area (Å²) in [6, 6.07) is 0. The first-order valence-corrected chi connectivity index (χ1v) is 10.1. The van der Waals surface area contributed by atoms with Crippen molar-refractivity contribution in [1.29, 1.82) is 0 Å². The molecule has 3 heteroatoms. The number of amides is 1. The molecule has 0 spiro atoms. The van der Waals surface area contributed by atoms with Crippen molar-refractivity contribution < 1.29 is 9.53 Å². The number of ether oxygens (including phenoxy) is 1. The van der Waals surface area contributed by atoms with Gasteiger partial charge in [0.1, 0.15) is 5.76 Å². The van der Waals surface area contributed by atoms with Crippen LogP contribution in [0.25, 0.3) is 0 Å². The van der Waals surface area contributed by atoms with E-state index in [1.54, 1.807) is 0 Å². The molecule has 1 N–H and O–H groups in total. The summed E-state index contributed by atoms with van der Waals surface area (Å²) < 4.78 is 5.67. The Bertz CT molecular complexity index is 455. The molecule has 0 aromatic carbocycles. The van der Waals surface area contributed by atoms with Crippen LogP contribution in [0.5, 0.6) is 0 Å². The molecular weight excluding hydrogens is 298 g/mol. The van der Waals surface area contributed by atoms with Gasteiger partial charge in [-0.25, -0.2) is 4.79 Å². The Labute approximate surface area is 148 Å². The van der Waals surface area contributed by atoms with Crippen molar-refractivity contribution in [3.63, 3.8) is 0 Å². The summed E-state index contributed by atoms with van der Waals surface area (Å²) in [6.45, 7) is 9.83. The number of nitrogens with one attached hydrogen (secondary N) is 1. The van der Waals surface area contributed by atoms with Crippen molar-refractivity contribution in [3.05, 3.63) is 11.8 Å². The van der Waals surface area contributed by atoms with E-state index in [0.29, 0.717) is 5.92 Å². The highest BCUT2D eigenvalue weighted by atomic mass is 16.6. The Kier molecular flexibility index (Phi) is 6.77. The molecule has 0 heterocycles. The molecule has 2 aliphatic carbocycles. The average molecular weight is 336 g/mol. The minimum Gasteiger partial charge on any atom is -0.415 e. The van der Waals surface area contributed by atoms with E-state index >= 15 is 0 Å². The second-order valence-electron chi connectivity index (χ2n) is 8.52. The van der Waals surface area contributed by atoms with Gasteiger partial charge in [0.15, 0.2) is 0 Å². The fourth-order valence-electron chi connectivity index (χ4n) is 4.37. The summed E-state index contributed by atoms with van der Waals surface area (Å²) in [4.78, 5) is 12.1. The zero-order chi connectivity index (χ0) is 17.6. The topological polar surface area (TPSA) is 38.3 Å². The van der Waals surface area contributed by atoms with E-state index in [-0.39, 0.29) is 16.9 Å². The molecule has 2 bridgehead atoms. The van der Waals surface area contributed by atoms with E-state index in [9.17, 15) is 4.79 Å². The van der Waals surface area contributed by atoms with Crippen LogP contribution in [-0.4, -0.2) is 12.6 Å². The lowest BCUT2D eigenvalue weighted by molar-refractivity contribution is 0.0991. The first-order chi connectivity index (χ1) is 11.4. The van der Waals surface area contributed by atoms with Gasteiger partial charge in [0.2, 0.25) is 0 Å². The molecule has 3 nitrogen and oxygen atoms in total. The van der Waals surface area contributed by atoms with E-state index in [1.807, 2.05) is 0 Å². The number of carbonyl (C=O) groups excluding carboxylic acids is 1. The third-order valence-corrected chi connectivity index (χ3v) is 6.70. The van der Waals surface area contributed by atoms with E-state index in [4.69, 9.17) is 4.74 Å². The summed E-state index contributed by atoms with van der Waals surface area (Å²) in [5.74, 6) is 1.45. The van der Waals surface area contributed by atoms with Crippen molar-refractivity contribution in [2.75, 3.05) is 6.54 Å². The van der Waals surface area contributed by atoms with Gasteiger partial charge in [0.25, 0.3) is 0 Å².